The number of amidine groups is 1. The Bertz CT molecular complexity index is 3920. The maximum absolute atomic E-state index is 6.65. The van der Waals surface area contributed by atoms with Crippen molar-refractivity contribution in [3.63, 3.8) is 0 Å². The van der Waals surface area contributed by atoms with E-state index in [9.17, 15) is 0 Å². The number of aliphatic imine (C=N–C) groups is 2. The molecule has 0 bridgehead atoms. The standard InChI is InChI=1S/C57H37N3O2/c1-34-28-29-47(58-57(41-22-12-17-35-14-4-5-18-38(35)41)59-56(34)43-23-13-27-53-55(43)42-21-8-11-26-52(42)61-53)46-32-45-40-20-7-10-25-51(40)62-54(45)33-50(46)60-48-24-9-6-19-39(48)44-30-36-15-2-3-16-37(36)31-49(44)60/h2-27,29-34H,28H2,1H3/b47-29+,58-57?,59-56?. The highest BCUT2D eigenvalue weighted by molar-refractivity contribution is 6.24. The van der Waals surface area contributed by atoms with Crippen molar-refractivity contribution in [1.82, 2.24) is 4.57 Å². The van der Waals surface area contributed by atoms with Crippen LogP contribution in [0.1, 0.15) is 30.0 Å². The second-order valence-corrected chi connectivity index (χ2v) is 16.5. The summed E-state index contributed by atoms with van der Waals surface area (Å²) in [5, 5.41) is 11.3. The minimum Gasteiger partial charge on any atom is -0.456 e. The number of para-hydroxylation sites is 3. The lowest BCUT2D eigenvalue weighted by Gasteiger charge is -2.21. The van der Waals surface area contributed by atoms with E-state index >= 15 is 0 Å². The molecule has 0 N–H and O–H groups in total. The van der Waals surface area contributed by atoms with Gasteiger partial charge in [0.1, 0.15) is 22.3 Å². The number of hydrogen-bond donors (Lipinski definition) is 0. The molecule has 1 atom stereocenters. The Morgan fingerprint density at radius 3 is 1.94 bits per heavy atom. The lowest BCUT2D eigenvalue weighted by atomic mass is 9.90. The zero-order valence-electron chi connectivity index (χ0n) is 33.8. The molecule has 0 fully saturated rings. The van der Waals surface area contributed by atoms with Crippen LogP contribution < -0.4 is 0 Å². The van der Waals surface area contributed by atoms with Crippen molar-refractivity contribution in [3.8, 4) is 5.69 Å². The highest BCUT2D eigenvalue weighted by atomic mass is 16.3. The van der Waals surface area contributed by atoms with Gasteiger partial charge < -0.3 is 13.4 Å². The second kappa shape index (κ2) is 13.5. The highest BCUT2D eigenvalue weighted by Gasteiger charge is 2.26. The van der Waals surface area contributed by atoms with E-state index in [2.05, 4.69) is 181 Å². The predicted molar refractivity (Wildman–Crippen MR) is 258 cm³/mol. The van der Waals surface area contributed by atoms with Crippen LogP contribution in [0.4, 0.5) is 0 Å². The summed E-state index contributed by atoms with van der Waals surface area (Å²) >= 11 is 0. The third-order valence-electron chi connectivity index (χ3n) is 12.8. The molecule has 292 valence electrons. The molecule has 0 aliphatic carbocycles. The van der Waals surface area contributed by atoms with Crippen LogP contribution in [0, 0.1) is 5.92 Å². The summed E-state index contributed by atoms with van der Waals surface area (Å²) in [5.41, 5.74) is 11.5. The van der Waals surface area contributed by atoms with Gasteiger partial charge in [-0.1, -0.05) is 146 Å². The molecule has 1 aliphatic rings. The molecular formula is C57H37N3O2. The normalized spacial score (nSPS) is 15.8. The summed E-state index contributed by atoms with van der Waals surface area (Å²) < 4.78 is 15.5. The Kier molecular flexibility index (Phi) is 7.58. The van der Waals surface area contributed by atoms with Gasteiger partial charge in [0, 0.05) is 61.0 Å². The molecule has 62 heavy (non-hydrogen) atoms. The topological polar surface area (TPSA) is 55.9 Å². The maximum Gasteiger partial charge on any atom is 0.160 e. The molecule has 5 heteroatoms. The maximum atomic E-state index is 6.65. The lowest BCUT2D eigenvalue weighted by molar-refractivity contribution is 0.668. The average molecular weight is 796 g/mol. The summed E-state index contributed by atoms with van der Waals surface area (Å²) in [6.07, 6.45) is 3.04. The first-order valence-corrected chi connectivity index (χ1v) is 21.3. The van der Waals surface area contributed by atoms with E-state index in [1.54, 1.807) is 0 Å². The van der Waals surface area contributed by atoms with E-state index in [4.69, 9.17) is 18.8 Å². The monoisotopic (exact) mass is 795 g/mol. The third kappa shape index (κ3) is 5.28. The molecule has 1 aliphatic heterocycles. The fraction of sp³-hybridized carbons (Fsp3) is 0.0526. The Hall–Kier alpha value is -8.02. The Labute approximate surface area is 356 Å². The highest BCUT2D eigenvalue weighted by Crippen LogP contribution is 2.42. The number of allylic oxidation sites excluding steroid dienone is 1. The Morgan fingerprint density at radius 1 is 0.452 bits per heavy atom. The zero-order chi connectivity index (χ0) is 40.9. The van der Waals surface area contributed by atoms with Crippen LogP contribution in [0.2, 0.25) is 0 Å². The number of aromatic nitrogens is 1. The van der Waals surface area contributed by atoms with Crippen molar-refractivity contribution >= 4 is 104 Å². The molecule has 0 saturated heterocycles. The summed E-state index contributed by atoms with van der Waals surface area (Å²) in [5.74, 6) is 0.696. The van der Waals surface area contributed by atoms with Gasteiger partial charge in [0.05, 0.1) is 28.1 Å². The molecule has 0 saturated carbocycles. The Balaban J connectivity index is 1.13. The van der Waals surface area contributed by atoms with Gasteiger partial charge in [0.2, 0.25) is 0 Å². The van der Waals surface area contributed by atoms with Crippen LogP contribution in [0.25, 0.3) is 98.6 Å². The predicted octanol–water partition coefficient (Wildman–Crippen LogP) is 15.2. The molecular weight excluding hydrogens is 759 g/mol. The van der Waals surface area contributed by atoms with Gasteiger partial charge in [0.25, 0.3) is 0 Å². The minimum atomic E-state index is 0.0336. The number of rotatable bonds is 4. The van der Waals surface area contributed by atoms with Gasteiger partial charge in [-0.2, -0.15) is 0 Å². The molecule has 1 unspecified atom stereocenters. The molecule has 0 amide bonds. The van der Waals surface area contributed by atoms with E-state index < -0.39 is 0 Å². The summed E-state index contributed by atoms with van der Waals surface area (Å²) in [7, 11) is 0. The van der Waals surface area contributed by atoms with Crippen molar-refractivity contribution < 1.29 is 8.83 Å². The second-order valence-electron chi connectivity index (χ2n) is 16.5. The van der Waals surface area contributed by atoms with Gasteiger partial charge in [-0.3, -0.25) is 0 Å². The number of fused-ring (bicyclic) bond motifs is 11. The fourth-order valence-electron chi connectivity index (χ4n) is 9.90. The number of furan rings is 2. The quantitative estimate of drug-likeness (QED) is 0.178. The molecule has 5 nitrogen and oxygen atoms in total. The van der Waals surface area contributed by atoms with Gasteiger partial charge in [-0.25, -0.2) is 9.98 Å². The first-order chi connectivity index (χ1) is 30.6. The zero-order valence-corrected chi connectivity index (χ0v) is 33.8. The molecule has 9 aromatic carbocycles. The van der Waals surface area contributed by atoms with E-state index in [1.165, 1.54) is 21.5 Å². The fourth-order valence-corrected chi connectivity index (χ4v) is 9.90. The number of hydrogen-bond acceptors (Lipinski definition) is 4. The SMILES string of the molecule is CC1C/C=C(\c2cc3c(cc2-n2c4ccccc4c4cc5ccccc5cc42)oc2ccccc23)N=C(c2cccc3ccccc23)N=C1c1cccc2oc3ccccc3c12. The van der Waals surface area contributed by atoms with Crippen LogP contribution in [0.5, 0.6) is 0 Å². The van der Waals surface area contributed by atoms with Crippen molar-refractivity contribution in [1.29, 1.82) is 0 Å². The van der Waals surface area contributed by atoms with E-state index in [1.807, 2.05) is 18.2 Å². The van der Waals surface area contributed by atoms with Gasteiger partial charge in [-0.15, -0.1) is 0 Å². The number of nitrogens with zero attached hydrogens (tertiary/aromatic N) is 3. The first-order valence-electron chi connectivity index (χ1n) is 21.3. The smallest absolute Gasteiger partial charge is 0.160 e. The first kappa shape index (κ1) is 34.8. The summed E-state index contributed by atoms with van der Waals surface area (Å²) in [4.78, 5) is 11.4. The molecule has 0 spiro atoms. The molecule has 3 aromatic heterocycles. The van der Waals surface area contributed by atoms with Crippen molar-refractivity contribution in [3.05, 3.63) is 205 Å². The summed E-state index contributed by atoms with van der Waals surface area (Å²) in [6.45, 7) is 2.28. The van der Waals surface area contributed by atoms with Gasteiger partial charge >= 0.3 is 0 Å². The largest absolute Gasteiger partial charge is 0.456 e. The van der Waals surface area contributed by atoms with Crippen molar-refractivity contribution in [2.24, 2.45) is 15.9 Å². The van der Waals surface area contributed by atoms with E-state index in [-0.39, 0.29) is 5.92 Å². The molecule has 0 radical (unpaired) electrons. The van der Waals surface area contributed by atoms with Crippen molar-refractivity contribution in [2.75, 3.05) is 0 Å². The molecule has 4 heterocycles. The van der Waals surface area contributed by atoms with Crippen LogP contribution in [-0.2, 0) is 0 Å². The minimum absolute atomic E-state index is 0.0336. The van der Waals surface area contributed by atoms with E-state index in [0.717, 1.165) is 99.5 Å². The van der Waals surface area contributed by atoms with Crippen LogP contribution in [0.15, 0.2) is 207 Å². The van der Waals surface area contributed by atoms with Crippen LogP contribution in [0.3, 0.4) is 0 Å². The lowest BCUT2D eigenvalue weighted by Crippen LogP contribution is -2.17. The van der Waals surface area contributed by atoms with Crippen LogP contribution >= 0.6 is 0 Å². The van der Waals surface area contributed by atoms with E-state index in [0.29, 0.717) is 12.3 Å². The summed E-state index contributed by atoms with van der Waals surface area (Å²) in [6, 6.07) is 64.4. The Morgan fingerprint density at radius 2 is 1.08 bits per heavy atom. The van der Waals surface area contributed by atoms with Gasteiger partial charge in [-0.05, 0) is 70.4 Å². The third-order valence-corrected chi connectivity index (χ3v) is 12.8. The average Bonchev–Trinajstić information content (AvgIpc) is 3.98. The van der Waals surface area contributed by atoms with Crippen LogP contribution in [-0.4, -0.2) is 16.1 Å². The van der Waals surface area contributed by atoms with Gasteiger partial charge in [0.15, 0.2) is 5.84 Å². The number of benzene rings is 9. The molecule has 12 aromatic rings. The molecule has 13 rings (SSSR count). The van der Waals surface area contributed by atoms with Crippen molar-refractivity contribution in [2.45, 2.75) is 13.3 Å².